The monoisotopic (exact) mass is 343 g/mol. The number of oxazole rings is 1. The van der Waals surface area contributed by atoms with Crippen LogP contribution in [0.2, 0.25) is 0 Å². The maximum atomic E-state index is 12.0. The van der Waals surface area contributed by atoms with E-state index in [0.29, 0.717) is 41.9 Å². The lowest BCUT2D eigenvalue weighted by atomic mass is 10.2. The minimum atomic E-state index is -0.276. The Morgan fingerprint density at radius 1 is 1.24 bits per heavy atom. The molecule has 0 aliphatic heterocycles. The number of rotatable bonds is 7. The Hall–Kier alpha value is -3.36. The van der Waals surface area contributed by atoms with Gasteiger partial charge < -0.3 is 19.5 Å². The van der Waals surface area contributed by atoms with Crippen LogP contribution in [0.3, 0.4) is 0 Å². The summed E-state index contributed by atoms with van der Waals surface area (Å²) >= 11 is 0. The average Bonchev–Trinajstić information content (AvgIpc) is 3.33. The summed E-state index contributed by atoms with van der Waals surface area (Å²) in [7, 11) is 0. The lowest BCUT2D eigenvalue weighted by molar-refractivity contribution is -0.120. The van der Waals surface area contributed by atoms with Gasteiger partial charge in [-0.05, 0) is 25.1 Å². The Kier molecular flexibility index (Phi) is 4.93. The van der Waals surface area contributed by atoms with Gasteiger partial charge in [0.2, 0.25) is 5.91 Å². The molecule has 0 fully saturated rings. The first-order chi connectivity index (χ1) is 12.1. The predicted molar refractivity (Wildman–Crippen MR) is 86.6 cm³/mol. The molecule has 0 bridgehead atoms. The molecule has 130 valence electrons. The molecule has 3 rings (SSSR count). The van der Waals surface area contributed by atoms with Crippen molar-refractivity contribution in [3.63, 3.8) is 0 Å². The van der Waals surface area contributed by atoms with Gasteiger partial charge in [-0.25, -0.2) is 4.98 Å². The number of aromatic amines is 1. The van der Waals surface area contributed by atoms with E-state index in [9.17, 15) is 9.59 Å². The SMILES string of the molecule is Cc1oc(-c2ccco2)nc1CC(=O)NCCNC(=O)c1ccn[nH]1. The fraction of sp³-hybridized carbons (Fsp3) is 0.250. The van der Waals surface area contributed by atoms with Gasteiger partial charge in [0.15, 0.2) is 5.76 Å². The number of H-pyrrole nitrogens is 1. The standard InChI is InChI=1S/C16H17N5O4/c1-10-12(20-16(25-10)13-3-2-8-24-13)9-14(22)17-6-7-18-15(23)11-4-5-19-21-11/h2-5,8H,6-7,9H2,1H3,(H,17,22)(H,18,23)(H,19,21). The molecule has 9 heteroatoms. The van der Waals surface area contributed by atoms with E-state index in [-0.39, 0.29) is 18.2 Å². The molecule has 3 aromatic rings. The van der Waals surface area contributed by atoms with Gasteiger partial charge >= 0.3 is 0 Å². The quantitative estimate of drug-likeness (QED) is 0.551. The number of aromatic nitrogens is 3. The summed E-state index contributed by atoms with van der Waals surface area (Å²) in [6.45, 7) is 2.35. The van der Waals surface area contributed by atoms with Gasteiger partial charge in [-0.3, -0.25) is 14.7 Å². The van der Waals surface area contributed by atoms with Crippen molar-refractivity contribution in [1.82, 2.24) is 25.8 Å². The van der Waals surface area contributed by atoms with Crippen molar-refractivity contribution in [1.29, 1.82) is 0 Å². The second-order valence-electron chi connectivity index (χ2n) is 5.25. The fourth-order valence-electron chi connectivity index (χ4n) is 2.17. The van der Waals surface area contributed by atoms with Gasteiger partial charge in [0.1, 0.15) is 11.5 Å². The van der Waals surface area contributed by atoms with E-state index in [1.165, 1.54) is 12.5 Å². The Morgan fingerprint density at radius 3 is 2.80 bits per heavy atom. The second-order valence-corrected chi connectivity index (χ2v) is 5.25. The number of furan rings is 1. The number of carbonyl (C=O) groups excluding carboxylic acids is 2. The topological polar surface area (TPSA) is 126 Å². The number of nitrogens with one attached hydrogen (secondary N) is 3. The molecule has 0 atom stereocenters. The summed E-state index contributed by atoms with van der Waals surface area (Å²) < 4.78 is 10.7. The first-order valence-corrected chi connectivity index (χ1v) is 7.68. The Bertz CT molecular complexity index is 836. The van der Waals surface area contributed by atoms with Crippen molar-refractivity contribution in [2.24, 2.45) is 0 Å². The van der Waals surface area contributed by atoms with Gasteiger partial charge in [-0.2, -0.15) is 5.10 Å². The highest BCUT2D eigenvalue weighted by atomic mass is 16.4. The minimum absolute atomic E-state index is 0.0878. The van der Waals surface area contributed by atoms with Gasteiger partial charge in [0.05, 0.1) is 18.4 Å². The molecule has 2 amide bonds. The van der Waals surface area contributed by atoms with Gasteiger partial charge in [0, 0.05) is 19.3 Å². The van der Waals surface area contributed by atoms with Crippen LogP contribution in [0.5, 0.6) is 0 Å². The van der Waals surface area contributed by atoms with Crippen molar-refractivity contribution >= 4 is 11.8 Å². The molecule has 0 aromatic carbocycles. The molecule has 3 heterocycles. The molecule has 0 saturated heterocycles. The lowest BCUT2D eigenvalue weighted by Gasteiger charge is -2.05. The molecular weight excluding hydrogens is 326 g/mol. The van der Waals surface area contributed by atoms with Gasteiger partial charge in [-0.1, -0.05) is 0 Å². The normalized spacial score (nSPS) is 10.6. The fourth-order valence-corrected chi connectivity index (χ4v) is 2.17. The van der Waals surface area contributed by atoms with Crippen LogP contribution in [0, 0.1) is 6.92 Å². The predicted octanol–water partition coefficient (Wildman–Crippen LogP) is 1.05. The molecule has 9 nitrogen and oxygen atoms in total. The van der Waals surface area contributed by atoms with Crippen molar-refractivity contribution in [2.45, 2.75) is 13.3 Å². The van der Waals surface area contributed by atoms with Crippen LogP contribution in [-0.4, -0.2) is 40.1 Å². The van der Waals surface area contributed by atoms with Crippen LogP contribution in [0.1, 0.15) is 21.9 Å². The van der Waals surface area contributed by atoms with Crippen molar-refractivity contribution < 1.29 is 18.4 Å². The van der Waals surface area contributed by atoms with Crippen LogP contribution < -0.4 is 10.6 Å². The molecule has 0 aliphatic rings. The van der Waals surface area contributed by atoms with E-state index < -0.39 is 0 Å². The zero-order valence-electron chi connectivity index (χ0n) is 13.5. The van der Waals surface area contributed by atoms with Crippen molar-refractivity contribution in [3.05, 3.63) is 47.8 Å². The van der Waals surface area contributed by atoms with Crippen LogP contribution in [0.15, 0.2) is 39.5 Å². The molecule has 25 heavy (non-hydrogen) atoms. The third-order valence-corrected chi connectivity index (χ3v) is 3.43. The molecule has 0 saturated carbocycles. The number of hydrogen-bond donors (Lipinski definition) is 3. The Morgan fingerprint density at radius 2 is 2.08 bits per heavy atom. The number of nitrogens with zero attached hydrogens (tertiary/aromatic N) is 2. The van der Waals surface area contributed by atoms with E-state index in [4.69, 9.17) is 8.83 Å². The van der Waals surface area contributed by atoms with E-state index in [0.717, 1.165) is 0 Å². The minimum Gasteiger partial charge on any atom is -0.459 e. The highest BCUT2D eigenvalue weighted by Gasteiger charge is 2.16. The van der Waals surface area contributed by atoms with Gasteiger partial charge in [-0.15, -0.1) is 0 Å². The molecule has 0 radical (unpaired) electrons. The number of aryl methyl sites for hydroxylation is 1. The zero-order valence-corrected chi connectivity index (χ0v) is 13.5. The van der Waals surface area contributed by atoms with Crippen LogP contribution in [0.25, 0.3) is 11.7 Å². The van der Waals surface area contributed by atoms with E-state index in [1.807, 2.05) is 0 Å². The second kappa shape index (κ2) is 7.47. The van der Waals surface area contributed by atoms with Crippen molar-refractivity contribution in [2.75, 3.05) is 13.1 Å². The highest BCUT2D eigenvalue weighted by molar-refractivity contribution is 5.92. The Labute approximate surface area is 142 Å². The molecule has 0 aliphatic carbocycles. The van der Waals surface area contributed by atoms with E-state index in [1.54, 1.807) is 25.1 Å². The average molecular weight is 343 g/mol. The summed E-state index contributed by atoms with van der Waals surface area (Å²) in [5, 5.41) is 11.6. The number of carbonyl (C=O) groups is 2. The summed E-state index contributed by atoms with van der Waals surface area (Å²) in [5.74, 6) is 0.933. The first-order valence-electron chi connectivity index (χ1n) is 7.68. The third-order valence-electron chi connectivity index (χ3n) is 3.43. The summed E-state index contributed by atoms with van der Waals surface area (Å²) in [6.07, 6.45) is 3.11. The highest BCUT2D eigenvalue weighted by Crippen LogP contribution is 2.22. The summed E-state index contributed by atoms with van der Waals surface area (Å²) in [4.78, 5) is 27.9. The molecule has 0 unspecified atom stereocenters. The molecule has 3 aromatic heterocycles. The summed E-state index contributed by atoms with van der Waals surface area (Å²) in [5.41, 5.74) is 0.917. The van der Waals surface area contributed by atoms with E-state index >= 15 is 0 Å². The third kappa shape index (κ3) is 4.14. The van der Waals surface area contributed by atoms with Gasteiger partial charge in [0.25, 0.3) is 11.8 Å². The van der Waals surface area contributed by atoms with E-state index in [2.05, 4.69) is 25.8 Å². The number of hydrogen-bond acceptors (Lipinski definition) is 6. The maximum Gasteiger partial charge on any atom is 0.269 e. The molecule has 0 spiro atoms. The molecular formula is C16H17N5O4. The van der Waals surface area contributed by atoms with Crippen LogP contribution in [0.4, 0.5) is 0 Å². The number of amides is 2. The summed E-state index contributed by atoms with van der Waals surface area (Å²) in [6, 6.07) is 5.04. The Balaban J connectivity index is 1.44. The zero-order chi connectivity index (χ0) is 17.6. The largest absolute Gasteiger partial charge is 0.459 e. The molecule has 3 N–H and O–H groups in total. The van der Waals surface area contributed by atoms with Crippen LogP contribution >= 0.6 is 0 Å². The van der Waals surface area contributed by atoms with Crippen LogP contribution in [-0.2, 0) is 11.2 Å². The first kappa shape index (κ1) is 16.5. The lowest BCUT2D eigenvalue weighted by Crippen LogP contribution is -2.35. The maximum absolute atomic E-state index is 12.0. The van der Waals surface area contributed by atoms with Crippen molar-refractivity contribution in [3.8, 4) is 11.7 Å². The smallest absolute Gasteiger partial charge is 0.269 e.